The van der Waals surface area contributed by atoms with Gasteiger partial charge in [0.15, 0.2) is 0 Å². The zero-order chi connectivity index (χ0) is 22.9. The molecule has 2 aromatic carbocycles. The van der Waals surface area contributed by atoms with Gasteiger partial charge in [-0.25, -0.2) is 0 Å². The molecule has 0 aliphatic carbocycles. The third-order valence-electron chi connectivity index (χ3n) is 6.43. The molecule has 2 heterocycles. The standard InChI is InChI=1S/C24H25F3N4O/c1-16-3-2-11-31(16)20-10-12-30(15-20)19-8-9-22(21(13-19)24(25,26)27)29-23(32)18-6-4-17(14-28)5-7-18/h4-9,13,16,20H,2-3,10-12,15H2,1H3,(H,29,32). The number of halogens is 3. The van der Waals surface area contributed by atoms with Crippen molar-refractivity contribution in [3.05, 3.63) is 59.2 Å². The van der Waals surface area contributed by atoms with Crippen molar-refractivity contribution in [1.82, 2.24) is 4.90 Å². The largest absolute Gasteiger partial charge is 0.418 e. The molecule has 1 N–H and O–H groups in total. The second kappa shape index (κ2) is 8.83. The number of benzene rings is 2. The van der Waals surface area contributed by atoms with Crippen LogP contribution in [0.3, 0.4) is 0 Å². The van der Waals surface area contributed by atoms with Gasteiger partial charge in [0.1, 0.15) is 0 Å². The Balaban J connectivity index is 1.53. The minimum absolute atomic E-state index is 0.184. The van der Waals surface area contributed by atoms with Crippen LogP contribution in [0.25, 0.3) is 0 Å². The van der Waals surface area contributed by atoms with Crippen LogP contribution in [-0.4, -0.2) is 42.5 Å². The summed E-state index contributed by atoms with van der Waals surface area (Å²) in [4.78, 5) is 16.9. The molecule has 32 heavy (non-hydrogen) atoms. The molecule has 168 valence electrons. The van der Waals surface area contributed by atoms with Gasteiger partial charge in [0.2, 0.25) is 0 Å². The summed E-state index contributed by atoms with van der Waals surface area (Å²) < 4.78 is 41.5. The first kappa shape index (κ1) is 22.2. The van der Waals surface area contributed by atoms with E-state index in [0.29, 0.717) is 36.4 Å². The monoisotopic (exact) mass is 442 g/mol. The first-order chi connectivity index (χ1) is 15.3. The maximum absolute atomic E-state index is 13.8. The van der Waals surface area contributed by atoms with Crippen molar-refractivity contribution in [2.75, 3.05) is 29.9 Å². The third kappa shape index (κ3) is 4.58. The molecule has 0 radical (unpaired) electrons. The Morgan fingerprint density at radius 1 is 1.12 bits per heavy atom. The van der Waals surface area contributed by atoms with Crippen LogP contribution >= 0.6 is 0 Å². The van der Waals surface area contributed by atoms with Crippen LogP contribution in [0.5, 0.6) is 0 Å². The molecule has 1 amide bonds. The fourth-order valence-corrected chi connectivity index (χ4v) is 4.71. The quantitative estimate of drug-likeness (QED) is 0.732. The molecule has 2 aliphatic heterocycles. The van der Waals surface area contributed by atoms with Gasteiger partial charge >= 0.3 is 6.18 Å². The number of carbonyl (C=O) groups excluding carboxylic acids is 1. The lowest BCUT2D eigenvalue weighted by Gasteiger charge is -2.29. The Morgan fingerprint density at radius 3 is 2.50 bits per heavy atom. The first-order valence-corrected chi connectivity index (χ1v) is 10.8. The van der Waals surface area contributed by atoms with Crippen LogP contribution in [0, 0.1) is 11.3 Å². The lowest BCUT2D eigenvalue weighted by atomic mass is 10.1. The van der Waals surface area contributed by atoms with Crippen molar-refractivity contribution in [3.63, 3.8) is 0 Å². The lowest BCUT2D eigenvalue weighted by molar-refractivity contribution is -0.136. The van der Waals surface area contributed by atoms with E-state index in [1.807, 2.05) is 11.0 Å². The first-order valence-electron chi connectivity index (χ1n) is 10.8. The van der Waals surface area contributed by atoms with Crippen LogP contribution < -0.4 is 10.2 Å². The summed E-state index contributed by atoms with van der Waals surface area (Å²) in [5, 5.41) is 11.2. The van der Waals surface area contributed by atoms with E-state index in [4.69, 9.17) is 5.26 Å². The van der Waals surface area contributed by atoms with Crippen molar-refractivity contribution in [2.45, 2.75) is 44.4 Å². The van der Waals surface area contributed by atoms with E-state index >= 15 is 0 Å². The SMILES string of the molecule is CC1CCCN1C1CCN(c2ccc(NC(=O)c3ccc(C#N)cc3)c(C(F)(F)F)c2)C1. The van der Waals surface area contributed by atoms with Crippen molar-refractivity contribution in [1.29, 1.82) is 5.26 Å². The predicted octanol–water partition coefficient (Wildman–Crippen LogP) is 4.89. The van der Waals surface area contributed by atoms with E-state index in [0.717, 1.165) is 19.0 Å². The summed E-state index contributed by atoms with van der Waals surface area (Å²) in [7, 11) is 0. The summed E-state index contributed by atoms with van der Waals surface area (Å²) in [6.45, 7) is 4.68. The Labute approximate surface area is 185 Å². The fraction of sp³-hybridized carbons (Fsp3) is 0.417. The average molecular weight is 442 g/mol. The topological polar surface area (TPSA) is 59.4 Å². The molecule has 2 aliphatic rings. The number of likely N-dealkylation sites (tertiary alicyclic amines) is 1. The van der Waals surface area contributed by atoms with Crippen LogP contribution in [0.2, 0.25) is 0 Å². The highest BCUT2D eigenvalue weighted by atomic mass is 19.4. The molecule has 2 saturated heterocycles. The maximum atomic E-state index is 13.8. The molecule has 2 fully saturated rings. The molecule has 0 saturated carbocycles. The number of nitriles is 1. The van der Waals surface area contributed by atoms with Crippen molar-refractivity contribution in [3.8, 4) is 6.07 Å². The van der Waals surface area contributed by atoms with Gasteiger partial charge in [-0.2, -0.15) is 18.4 Å². The number of nitrogens with zero attached hydrogens (tertiary/aromatic N) is 3. The second-order valence-electron chi connectivity index (χ2n) is 8.49. The van der Waals surface area contributed by atoms with E-state index in [2.05, 4.69) is 17.1 Å². The van der Waals surface area contributed by atoms with E-state index in [1.165, 1.54) is 43.2 Å². The Kier molecular flexibility index (Phi) is 6.11. The number of amides is 1. The summed E-state index contributed by atoms with van der Waals surface area (Å²) >= 11 is 0. The average Bonchev–Trinajstić information content (AvgIpc) is 3.42. The minimum atomic E-state index is -4.61. The van der Waals surface area contributed by atoms with E-state index in [1.54, 1.807) is 6.07 Å². The smallest absolute Gasteiger partial charge is 0.370 e. The number of hydrogen-bond acceptors (Lipinski definition) is 4. The predicted molar refractivity (Wildman–Crippen MR) is 117 cm³/mol. The van der Waals surface area contributed by atoms with Gasteiger partial charge in [-0.05, 0) is 75.2 Å². The number of alkyl halides is 3. The van der Waals surface area contributed by atoms with Crippen molar-refractivity contribution >= 4 is 17.3 Å². The number of anilines is 2. The fourth-order valence-electron chi connectivity index (χ4n) is 4.71. The van der Waals surface area contributed by atoms with E-state index in [-0.39, 0.29) is 11.3 Å². The van der Waals surface area contributed by atoms with Gasteiger partial charge in [0, 0.05) is 36.4 Å². The third-order valence-corrected chi connectivity index (χ3v) is 6.43. The zero-order valence-corrected chi connectivity index (χ0v) is 17.8. The molecule has 4 rings (SSSR count). The summed E-state index contributed by atoms with van der Waals surface area (Å²) in [6, 6.07) is 12.6. The highest BCUT2D eigenvalue weighted by Crippen LogP contribution is 2.38. The van der Waals surface area contributed by atoms with Gasteiger partial charge in [0.05, 0.1) is 22.9 Å². The minimum Gasteiger partial charge on any atom is -0.370 e. The van der Waals surface area contributed by atoms with Crippen LogP contribution in [-0.2, 0) is 6.18 Å². The molecule has 0 spiro atoms. The van der Waals surface area contributed by atoms with Gasteiger partial charge in [-0.15, -0.1) is 0 Å². The van der Waals surface area contributed by atoms with Gasteiger partial charge in [-0.1, -0.05) is 0 Å². The summed E-state index contributed by atoms with van der Waals surface area (Å²) in [5.74, 6) is -0.656. The van der Waals surface area contributed by atoms with Crippen LogP contribution in [0.4, 0.5) is 24.5 Å². The van der Waals surface area contributed by atoms with Crippen LogP contribution in [0.15, 0.2) is 42.5 Å². The maximum Gasteiger partial charge on any atom is 0.418 e. The Morgan fingerprint density at radius 2 is 1.88 bits per heavy atom. The molecule has 2 atom stereocenters. The number of carbonyl (C=O) groups is 1. The normalized spacial score (nSPS) is 21.5. The Hall–Kier alpha value is -3.05. The lowest BCUT2D eigenvalue weighted by Crippen LogP contribution is -2.39. The molecule has 2 aromatic rings. The highest BCUT2D eigenvalue weighted by molar-refractivity contribution is 6.04. The highest BCUT2D eigenvalue weighted by Gasteiger charge is 2.37. The summed E-state index contributed by atoms with van der Waals surface area (Å²) in [6.07, 6.45) is -1.33. The van der Waals surface area contributed by atoms with E-state index in [9.17, 15) is 18.0 Å². The van der Waals surface area contributed by atoms with E-state index < -0.39 is 17.6 Å². The number of nitrogens with one attached hydrogen (secondary N) is 1. The molecule has 2 unspecified atom stereocenters. The molecule has 0 aromatic heterocycles. The molecular formula is C24H25F3N4O. The Bertz CT molecular complexity index is 1030. The number of hydrogen-bond donors (Lipinski definition) is 1. The molecular weight excluding hydrogens is 417 g/mol. The molecule has 8 heteroatoms. The molecule has 0 bridgehead atoms. The number of rotatable bonds is 4. The van der Waals surface area contributed by atoms with Gasteiger partial charge in [0.25, 0.3) is 5.91 Å². The van der Waals surface area contributed by atoms with Gasteiger partial charge in [-0.3, -0.25) is 9.69 Å². The van der Waals surface area contributed by atoms with Crippen LogP contribution in [0.1, 0.15) is 47.7 Å². The van der Waals surface area contributed by atoms with Gasteiger partial charge < -0.3 is 10.2 Å². The van der Waals surface area contributed by atoms with Crippen molar-refractivity contribution in [2.24, 2.45) is 0 Å². The van der Waals surface area contributed by atoms with Crippen molar-refractivity contribution < 1.29 is 18.0 Å². The zero-order valence-electron chi connectivity index (χ0n) is 17.8. The summed E-state index contributed by atoms with van der Waals surface area (Å²) in [5.41, 5.74) is -0.0741. The molecule has 5 nitrogen and oxygen atoms in total. The second-order valence-corrected chi connectivity index (χ2v) is 8.49.